The maximum atomic E-state index is 14.0. The van der Waals surface area contributed by atoms with E-state index in [4.69, 9.17) is 18.6 Å². The SMILES string of the molecule is Cc1ccc(S(=O)(=O)NCCC(=O)Oc2ccc3c(=O)c(-c4ccc5c(c4)OCCO5)c(C(F)(F)F)oc3c2)cc1. The van der Waals surface area contributed by atoms with Crippen molar-refractivity contribution in [2.24, 2.45) is 0 Å². The lowest BCUT2D eigenvalue weighted by molar-refractivity contribution is -0.152. The van der Waals surface area contributed by atoms with Crippen molar-refractivity contribution in [1.82, 2.24) is 4.72 Å². The first-order chi connectivity index (χ1) is 19.4. The molecule has 0 radical (unpaired) electrons. The first kappa shape index (κ1) is 28.2. The zero-order valence-corrected chi connectivity index (χ0v) is 22.2. The van der Waals surface area contributed by atoms with E-state index in [0.29, 0.717) is 5.75 Å². The number of carbonyl (C=O) groups is 1. The van der Waals surface area contributed by atoms with Crippen LogP contribution < -0.4 is 24.4 Å². The number of aryl methyl sites for hydroxylation is 1. The molecule has 0 saturated heterocycles. The lowest BCUT2D eigenvalue weighted by atomic mass is 10.0. The van der Waals surface area contributed by atoms with Gasteiger partial charge in [0.25, 0.3) is 0 Å². The van der Waals surface area contributed by atoms with Gasteiger partial charge in [0.1, 0.15) is 24.5 Å². The monoisotopic (exact) mass is 589 g/mol. The van der Waals surface area contributed by atoms with E-state index in [-0.39, 0.29) is 53.5 Å². The van der Waals surface area contributed by atoms with Crippen LogP contribution in [0.2, 0.25) is 0 Å². The number of nitrogens with one attached hydrogen (secondary N) is 1. The highest BCUT2D eigenvalue weighted by molar-refractivity contribution is 7.89. The van der Waals surface area contributed by atoms with Crippen LogP contribution in [0.1, 0.15) is 17.7 Å². The maximum Gasteiger partial charge on any atom is 0.450 e. The standard InChI is InChI=1S/C28H22F3NO8S/c1-16-2-6-19(7-3-16)41(35,36)32-11-10-24(33)39-18-5-8-20-22(15-18)40-27(28(29,30)31)25(26(20)34)17-4-9-21-23(14-17)38-13-12-37-21/h2-9,14-15,32H,10-13H2,1H3. The summed E-state index contributed by atoms with van der Waals surface area (Å²) in [4.78, 5) is 25.6. The van der Waals surface area contributed by atoms with Crippen LogP contribution in [0.5, 0.6) is 17.2 Å². The summed E-state index contributed by atoms with van der Waals surface area (Å²) in [6.45, 7) is 2.01. The number of rotatable bonds is 7. The molecular formula is C28H22F3NO8S. The Bertz CT molecular complexity index is 1800. The Morgan fingerprint density at radius 2 is 1.68 bits per heavy atom. The van der Waals surface area contributed by atoms with Gasteiger partial charge in [-0.3, -0.25) is 9.59 Å². The van der Waals surface area contributed by atoms with Crippen molar-refractivity contribution < 1.29 is 45.0 Å². The number of sulfonamides is 1. The number of halogens is 3. The highest BCUT2D eigenvalue weighted by Gasteiger charge is 2.39. The quantitative estimate of drug-likeness (QED) is 0.240. The molecule has 214 valence electrons. The zero-order chi connectivity index (χ0) is 29.4. The van der Waals surface area contributed by atoms with E-state index in [2.05, 4.69) is 4.72 Å². The van der Waals surface area contributed by atoms with Gasteiger partial charge in [-0.1, -0.05) is 23.8 Å². The van der Waals surface area contributed by atoms with Gasteiger partial charge in [-0.2, -0.15) is 13.2 Å². The molecular weight excluding hydrogens is 567 g/mol. The van der Waals surface area contributed by atoms with Crippen molar-refractivity contribution in [3.05, 3.63) is 82.2 Å². The van der Waals surface area contributed by atoms with E-state index >= 15 is 0 Å². The number of esters is 1. The minimum absolute atomic E-state index is 0.0251. The molecule has 0 amide bonds. The molecule has 13 heteroatoms. The Kier molecular flexibility index (Phi) is 7.49. The van der Waals surface area contributed by atoms with Crippen LogP contribution in [-0.2, 0) is 21.0 Å². The molecule has 9 nitrogen and oxygen atoms in total. The third kappa shape index (κ3) is 6.05. The molecule has 41 heavy (non-hydrogen) atoms. The summed E-state index contributed by atoms with van der Waals surface area (Å²) in [6.07, 6.45) is -5.40. The topological polar surface area (TPSA) is 121 Å². The van der Waals surface area contributed by atoms with Crippen molar-refractivity contribution in [3.8, 4) is 28.4 Å². The number of alkyl halides is 3. The Labute approximate surface area is 231 Å². The van der Waals surface area contributed by atoms with Gasteiger partial charge in [0, 0.05) is 12.6 Å². The number of hydrogen-bond donors (Lipinski definition) is 1. The summed E-state index contributed by atoms with van der Waals surface area (Å²) >= 11 is 0. The fraction of sp³-hybridized carbons (Fsp3) is 0.214. The molecule has 0 spiro atoms. The van der Waals surface area contributed by atoms with Gasteiger partial charge < -0.3 is 18.6 Å². The normalized spacial score (nSPS) is 13.3. The van der Waals surface area contributed by atoms with Crippen LogP contribution in [-0.4, -0.2) is 34.1 Å². The second-order valence-electron chi connectivity index (χ2n) is 9.08. The van der Waals surface area contributed by atoms with Crippen LogP contribution in [0.3, 0.4) is 0 Å². The number of hydrogen-bond acceptors (Lipinski definition) is 8. The summed E-state index contributed by atoms with van der Waals surface area (Å²) in [5.41, 5.74) is -1.29. The second kappa shape index (κ2) is 10.9. The first-order valence-corrected chi connectivity index (χ1v) is 13.8. The second-order valence-corrected chi connectivity index (χ2v) is 10.9. The minimum Gasteiger partial charge on any atom is -0.486 e. The average Bonchev–Trinajstić information content (AvgIpc) is 2.92. The molecule has 0 saturated carbocycles. The molecule has 3 aromatic carbocycles. The van der Waals surface area contributed by atoms with Gasteiger partial charge in [-0.15, -0.1) is 0 Å². The van der Waals surface area contributed by atoms with E-state index in [0.717, 1.165) is 11.6 Å². The summed E-state index contributed by atoms with van der Waals surface area (Å²) < 4.78 is 90.3. The number of ether oxygens (including phenoxy) is 3. The van der Waals surface area contributed by atoms with E-state index in [1.807, 2.05) is 0 Å². The van der Waals surface area contributed by atoms with E-state index in [1.165, 1.54) is 42.5 Å². The van der Waals surface area contributed by atoms with Gasteiger partial charge in [0.2, 0.25) is 21.2 Å². The fourth-order valence-electron chi connectivity index (χ4n) is 4.17. The van der Waals surface area contributed by atoms with Crippen molar-refractivity contribution in [3.63, 3.8) is 0 Å². The Balaban J connectivity index is 1.37. The molecule has 0 aliphatic carbocycles. The van der Waals surface area contributed by atoms with E-state index in [9.17, 15) is 31.2 Å². The zero-order valence-electron chi connectivity index (χ0n) is 21.4. The van der Waals surface area contributed by atoms with Crippen molar-refractivity contribution in [2.45, 2.75) is 24.4 Å². The molecule has 1 aromatic heterocycles. The van der Waals surface area contributed by atoms with E-state index < -0.39 is 44.5 Å². The predicted octanol–water partition coefficient (Wildman–Crippen LogP) is 4.83. The largest absolute Gasteiger partial charge is 0.486 e. The van der Waals surface area contributed by atoms with Crippen LogP contribution in [0.25, 0.3) is 22.1 Å². The smallest absolute Gasteiger partial charge is 0.450 e. The summed E-state index contributed by atoms with van der Waals surface area (Å²) in [7, 11) is -3.86. The van der Waals surface area contributed by atoms with Crippen LogP contribution in [0, 0.1) is 6.92 Å². The average molecular weight is 590 g/mol. The highest BCUT2D eigenvalue weighted by Crippen LogP contribution is 2.40. The third-order valence-corrected chi connectivity index (χ3v) is 7.61. The molecule has 4 aromatic rings. The van der Waals surface area contributed by atoms with Crippen molar-refractivity contribution >= 4 is 27.0 Å². The Morgan fingerprint density at radius 1 is 0.976 bits per heavy atom. The van der Waals surface area contributed by atoms with Crippen LogP contribution in [0.15, 0.2) is 74.8 Å². The summed E-state index contributed by atoms with van der Waals surface area (Å²) in [5, 5.41) is -0.173. The molecule has 1 aliphatic rings. The van der Waals surface area contributed by atoms with Gasteiger partial charge in [0.15, 0.2) is 11.5 Å². The maximum absolute atomic E-state index is 14.0. The predicted molar refractivity (Wildman–Crippen MR) is 141 cm³/mol. The fourth-order valence-corrected chi connectivity index (χ4v) is 5.20. The van der Waals surface area contributed by atoms with Crippen molar-refractivity contribution in [1.29, 1.82) is 0 Å². The summed E-state index contributed by atoms with van der Waals surface area (Å²) in [6, 6.07) is 13.5. The Hall–Kier alpha value is -4.36. The van der Waals surface area contributed by atoms with Crippen molar-refractivity contribution in [2.75, 3.05) is 19.8 Å². The number of carbonyl (C=O) groups excluding carboxylic acids is 1. The minimum atomic E-state index is -5.03. The lowest BCUT2D eigenvalue weighted by Crippen LogP contribution is -2.27. The van der Waals surface area contributed by atoms with Gasteiger partial charge >= 0.3 is 12.1 Å². The highest BCUT2D eigenvalue weighted by atomic mass is 32.2. The number of benzene rings is 3. The van der Waals surface area contributed by atoms with Gasteiger partial charge in [-0.05, 0) is 48.9 Å². The van der Waals surface area contributed by atoms with Gasteiger partial charge in [0.05, 0.1) is 22.3 Å². The third-order valence-electron chi connectivity index (χ3n) is 6.14. The number of fused-ring (bicyclic) bond motifs is 2. The van der Waals surface area contributed by atoms with Gasteiger partial charge in [-0.25, -0.2) is 13.1 Å². The van der Waals surface area contributed by atoms with Crippen LogP contribution >= 0.6 is 0 Å². The molecule has 0 unspecified atom stereocenters. The Morgan fingerprint density at radius 3 is 2.39 bits per heavy atom. The molecule has 5 rings (SSSR count). The molecule has 1 N–H and O–H groups in total. The lowest BCUT2D eigenvalue weighted by Gasteiger charge is -2.19. The summed E-state index contributed by atoms with van der Waals surface area (Å²) in [5.74, 6) is -2.03. The van der Waals surface area contributed by atoms with Crippen LogP contribution in [0.4, 0.5) is 13.2 Å². The molecule has 1 aliphatic heterocycles. The molecule has 2 heterocycles. The molecule has 0 fully saturated rings. The van der Waals surface area contributed by atoms with E-state index in [1.54, 1.807) is 19.1 Å². The molecule has 0 bridgehead atoms. The molecule has 0 atom stereocenters. The first-order valence-electron chi connectivity index (χ1n) is 12.3.